The van der Waals surface area contributed by atoms with Gasteiger partial charge in [-0.2, -0.15) is 0 Å². The fourth-order valence-corrected chi connectivity index (χ4v) is 1.17. The third-order valence-corrected chi connectivity index (χ3v) is 2.32. The second-order valence-electron chi connectivity index (χ2n) is 3.94. The summed E-state index contributed by atoms with van der Waals surface area (Å²) in [5, 5.41) is 0. The minimum Gasteiger partial charge on any atom is -0.490 e. The molecule has 1 atom stereocenters. The zero-order chi connectivity index (χ0) is 10.2. The molecule has 14 heavy (non-hydrogen) atoms. The van der Waals surface area contributed by atoms with E-state index in [1.54, 1.807) is 6.07 Å². The van der Waals surface area contributed by atoms with E-state index in [4.69, 9.17) is 9.47 Å². The van der Waals surface area contributed by atoms with Crippen LogP contribution in [0.25, 0.3) is 0 Å². The molecule has 2 nitrogen and oxygen atoms in total. The Bertz CT molecular complexity index is 345. The number of benzene rings is 1. The molecule has 0 amide bonds. The number of ether oxygens (including phenoxy) is 2. The maximum absolute atomic E-state index is 12.9. The Morgan fingerprint density at radius 1 is 1.57 bits per heavy atom. The molecule has 3 heteroatoms. The van der Waals surface area contributed by atoms with Gasteiger partial charge in [0.2, 0.25) is 0 Å². The molecule has 76 valence electrons. The van der Waals surface area contributed by atoms with Gasteiger partial charge in [-0.15, -0.1) is 0 Å². The molecule has 0 aliphatic carbocycles. The predicted octanol–water partition coefficient (Wildman–Crippen LogP) is 2.30. The van der Waals surface area contributed by atoms with Gasteiger partial charge in [-0.05, 0) is 25.5 Å². The third kappa shape index (κ3) is 2.04. The van der Waals surface area contributed by atoms with E-state index in [-0.39, 0.29) is 11.4 Å². The number of hydrogen-bond donors (Lipinski definition) is 0. The summed E-state index contributed by atoms with van der Waals surface area (Å²) in [5.74, 6) is 0.328. The molecular weight excluding hydrogens is 183 g/mol. The van der Waals surface area contributed by atoms with Gasteiger partial charge in [0.05, 0.1) is 6.61 Å². The maximum atomic E-state index is 12.9. The van der Waals surface area contributed by atoms with Gasteiger partial charge >= 0.3 is 0 Å². The van der Waals surface area contributed by atoms with Crippen LogP contribution in [-0.4, -0.2) is 18.8 Å². The van der Waals surface area contributed by atoms with Crippen LogP contribution in [0.15, 0.2) is 18.2 Å². The number of hydrogen-bond acceptors (Lipinski definition) is 2. The largest absolute Gasteiger partial charge is 0.490 e. The van der Waals surface area contributed by atoms with E-state index in [0.717, 1.165) is 12.2 Å². The molecule has 0 saturated carbocycles. The van der Waals surface area contributed by atoms with E-state index >= 15 is 0 Å². The molecule has 0 radical (unpaired) electrons. The van der Waals surface area contributed by atoms with Crippen molar-refractivity contribution in [2.45, 2.75) is 19.4 Å². The van der Waals surface area contributed by atoms with Crippen molar-refractivity contribution in [2.24, 2.45) is 0 Å². The highest BCUT2D eigenvalue weighted by Crippen LogP contribution is 2.28. The molecule has 0 spiro atoms. The highest BCUT2D eigenvalue weighted by atomic mass is 19.1. The average molecular weight is 196 g/mol. The van der Waals surface area contributed by atoms with E-state index in [1.807, 2.05) is 13.8 Å². The first kappa shape index (κ1) is 9.46. The normalized spacial score (nSPS) is 24.8. The molecule has 1 unspecified atom stereocenters. The van der Waals surface area contributed by atoms with Crippen LogP contribution in [-0.2, 0) is 4.74 Å². The number of epoxide rings is 1. The van der Waals surface area contributed by atoms with Crippen molar-refractivity contribution in [3.8, 4) is 5.75 Å². The van der Waals surface area contributed by atoms with Crippen molar-refractivity contribution >= 4 is 0 Å². The van der Waals surface area contributed by atoms with Crippen LogP contribution in [0.2, 0.25) is 0 Å². The summed E-state index contributed by atoms with van der Waals surface area (Å²) in [5.41, 5.74) is 0.786. The van der Waals surface area contributed by atoms with Crippen molar-refractivity contribution in [2.75, 3.05) is 13.2 Å². The number of aryl methyl sites for hydroxylation is 1. The minimum atomic E-state index is -0.271. The molecule has 1 fully saturated rings. The fraction of sp³-hybridized carbons (Fsp3) is 0.455. The van der Waals surface area contributed by atoms with Crippen molar-refractivity contribution < 1.29 is 13.9 Å². The summed E-state index contributed by atoms with van der Waals surface area (Å²) in [6.45, 7) is 5.07. The molecule has 1 heterocycles. The topological polar surface area (TPSA) is 21.8 Å². The average Bonchev–Trinajstić information content (AvgIpc) is 2.87. The lowest BCUT2D eigenvalue weighted by molar-refractivity contribution is 0.201. The Morgan fingerprint density at radius 2 is 2.29 bits per heavy atom. The zero-order valence-corrected chi connectivity index (χ0v) is 8.34. The summed E-state index contributed by atoms with van der Waals surface area (Å²) >= 11 is 0. The van der Waals surface area contributed by atoms with Gasteiger partial charge in [0, 0.05) is 6.07 Å². The highest BCUT2D eigenvalue weighted by Gasteiger charge is 2.40. The Hall–Kier alpha value is -1.09. The molecule has 1 saturated heterocycles. The van der Waals surface area contributed by atoms with Crippen molar-refractivity contribution in [3.05, 3.63) is 29.6 Å². The Kier molecular flexibility index (Phi) is 2.19. The monoisotopic (exact) mass is 196 g/mol. The number of halogens is 1. The van der Waals surface area contributed by atoms with Gasteiger partial charge in [-0.3, -0.25) is 0 Å². The SMILES string of the molecule is Cc1ccc(F)cc1OCC1(C)CO1. The fourth-order valence-electron chi connectivity index (χ4n) is 1.17. The first-order valence-electron chi connectivity index (χ1n) is 4.62. The molecule has 2 rings (SSSR count). The first-order valence-corrected chi connectivity index (χ1v) is 4.62. The Morgan fingerprint density at radius 3 is 2.93 bits per heavy atom. The standard InChI is InChI=1S/C11H13FO2/c1-8-3-4-9(12)5-10(8)13-6-11(2)7-14-11/h3-5H,6-7H2,1-2H3. The predicted molar refractivity (Wildman–Crippen MR) is 51.0 cm³/mol. The van der Waals surface area contributed by atoms with E-state index in [0.29, 0.717) is 12.4 Å². The van der Waals surface area contributed by atoms with Gasteiger partial charge < -0.3 is 9.47 Å². The van der Waals surface area contributed by atoms with Crippen molar-refractivity contribution in [1.82, 2.24) is 0 Å². The van der Waals surface area contributed by atoms with Crippen LogP contribution < -0.4 is 4.74 Å². The first-order chi connectivity index (χ1) is 6.59. The third-order valence-electron chi connectivity index (χ3n) is 2.32. The van der Waals surface area contributed by atoms with E-state index in [1.165, 1.54) is 12.1 Å². The lowest BCUT2D eigenvalue weighted by atomic mass is 10.2. The van der Waals surface area contributed by atoms with Crippen LogP contribution >= 0.6 is 0 Å². The smallest absolute Gasteiger partial charge is 0.126 e. The van der Waals surface area contributed by atoms with Crippen LogP contribution in [0.1, 0.15) is 12.5 Å². The quantitative estimate of drug-likeness (QED) is 0.692. The lowest BCUT2D eigenvalue weighted by Gasteiger charge is -2.10. The van der Waals surface area contributed by atoms with Gasteiger partial charge in [-0.25, -0.2) is 4.39 Å². The van der Waals surface area contributed by atoms with Gasteiger partial charge in [0.25, 0.3) is 0 Å². The van der Waals surface area contributed by atoms with Crippen molar-refractivity contribution in [3.63, 3.8) is 0 Å². The molecule has 0 N–H and O–H groups in total. The number of rotatable bonds is 3. The van der Waals surface area contributed by atoms with E-state index in [9.17, 15) is 4.39 Å². The summed E-state index contributed by atoms with van der Waals surface area (Å²) in [6.07, 6.45) is 0. The van der Waals surface area contributed by atoms with E-state index < -0.39 is 0 Å². The zero-order valence-electron chi connectivity index (χ0n) is 8.34. The van der Waals surface area contributed by atoms with Crippen LogP contribution in [0, 0.1) is 12.7 Å². The van der Waals surface area contributed by atoms with Crippen molar-refractivity contribution in [1.29, 1.82) is 0 Å². The Labute approximate surface area is 82.6 Å². The van der Waals surface area contributed by atoms with Crippen LogP contribution in [0.3, 0.4) is 0 Å². The summed E-state index contributed by atoms with van der Waals surface area (Å²) in [6, 6.07) is 4.54. The summed E-state index contributed by atoms with van der Waals surface area (Å²) in [7, 11) is 0. The molecule has 1 aromatic rings. The highest BCUT2D eigenvalue weighted by molar-refractivity contribution is 5.32. The minimum absolute atomic E-state index is 0.154. The summed E-state index contributed by atoms with van der Waals surface area (Å²) < 4.78 is 23.5. The molecule has 1 aliphatic rings. The second-order valence-corrected chi connectivity index (χ2v) is 3.94. The molecular formula is C11H13FO2. The maximum Gasteiger partial charge on any atom is 0.126 e. The molecule has 1 aromatic carbocycles. The second kappa shape index (κ2) is 3.24. The van der Waals surface area contributed by atoms with Crippen LogP contribution in [0.4, 0.5) is 4.39 Å². The van der Waals surface area contributed by atoms with Gasteiger partial charge in [-0.1, -0.05) is 6.07 Å². The molecule has 1 aliphatic heterocycles. The Balaban J connectivity index is 2.04. The van der Waals surface area contributed by atoms with E-state index in [2.05, 4.69) is 0 Å². The summed E-state index contributed by atoms with van der Waals surface area (Å²) in [4.78, 5) is 0. The van der Waals surface area contributed by atoms with Gasteiger partial charge in [0.1, 0.15) is 23.8 Å². The molecule has 0 bridgehead atoms. The molecule has 0 aromatic heterocycles. The van der Waals surface area contributed by atoms with Crippen LogP contribution in [0.5, 0.6) is 5.75 Å². The van der Waals surface area contributed by atoms with Gasteiger partial charge in [0.15, 0.2) is 0 Å². The lowest BCUT2D eigenvalue weighted by Crippen LogP contribution is -2.17.